The summed E-state index contributed by atoms with van der Waals surface area (Å²) in [5.41, 5.74) is 0. The predicted molar refractivity (Wildman–Crippen MR) is 86.7 cm³/mol. The number of piperidine rings is 1. The topological polar surface area (TPSA) is 52.6 Å². The van der Waals surface area contributed by atoms with Crippen molar-refractivity contribution in [2.24, 2.45) is 5.92 Å². The number of hydrogen-bond acceptors (Lipinski definition) is 3. The SMILES string of the molecule is Cc1ccc(CC(C)NC(=O)N2CCC(C(C)O)CC2)s1. The maximum Gasteiger partial charge on any atom is 0.317 e. The van der Waals surface area contributed by atoms with Crippen LogP contribution < -0.4 is 5.32 Å². The Morgan fingerprint density at radius 1 is 1.43 bits per heavy atom. The Morgan fingerprint density at radius 2 is 2.10 bits per heavy atom. The molecule has 2 unspecified atom stereocenters. The van der Waals surface area contributed by atoms with Crippen molar-refractivity contribution >= 4 is 17.4 Å². The molecule has 0 saturated carbocycles. The van der Waals surface area contributed by atoms with Crippen LogP contribution in [0.2, 0.25) is 0 Å². The third-order valence-corrected chi connectivity index (χ3v) is 5.21. The quantitative estimate of drug-likeness (QED) is 0.898. The summed E-state index contributed by atoms with van der Waals surface area (Å²) in [5, 5.41) is 12.7. The van der Waals surface area contributed by atoms with Crippen LogP contribution in [0, 0.1) is 12.8 Å². The van der Waals surface area contributed by atoms with Gasteiger partial charge in [-0.05, 0) is 51.7 Å². The zero-order valence-electron chi connectivity index (χ0n) is 13.1. The normalized spacial score (nSPS) is 19.3. The Labute approximate surface area is 131 Å². The molecule has 5 heteroatoms. The van der Waals surface area contributed by atoms with Crippen LogP contribution in [0.25, 0.3) is 0 Å². The molecule has 0 bridgehead atoms. The summed E-state index contributed by atoms with van der Waals surface area (Å²) in [6, 6.07) is 4.43. The maximum atomic E-state index is 12.2. The van der Waals surface area contributed by atoms with Gasteiger partial charge in [0.05, 0.1) is 6.10 Å². The minimum Gasteiger partial charge on any atom is -0.393 e. The second-order valence-electron chi connectivity index (χ2n) is 6.13. The minimum absolute atomic E-state index is 0.0276. The number of carbonyl (C=O) groups is 1. The number of hydrogen-bond donors (Lipinski definition) is 2. The van der Waals surface area contributed by atoms with Crippen LogP contribution in [0.15, 0.2) is 12.1 Å². The molecule has 0 aliphatic carbocycles. The average molecular weight is 310 g/mol. The fraction of sp³-hybridized carbons (Fsp3) is 0.688. The van der Waals surface area contributed by atoms with Gasteiger partial charge in [-0.1, -0.05) is 0 Å². The number of amides is 2. The van der Waals surface area contributed by atoms with Gasteiger partial charge in [0.1, 0.15) is 0 Å². The molecule has 2 atom stereocenters. The van der Waals surface area contributed by atoms with Gasteiger partial charge in [-0.25, -0.2) is 4.79 Å². The number of rotatable bonds is 4. The molecule has 2 heterocycles. The largest absolute Gasteiger partial charge is 0.393 e. The van der Waals surface area contributed by atoms with Crippen molar-refractivity contribution in [3.63, 3.8) is 0 Å². The van der Waals surface area contributed by atoms with E-state index in [0.29, 0.717) is 5.92 Å². The van der Waals surface area contributed by atoms with Gasteiger partial charge in [0.2, 0.25) is 0 Å². The van der Waals surface area contributed by atoms with Crippen molar-refractivity contribution in [2.75, 3.05) is 13.1 Å². The average Bonchev–Trinajstić information content (AvgIpc) is 2.83. The van der Waals surface area contributed by atoms with E-state index >= 15 is 0 Å². The van der Waals surface area contributed by atoms with E-state index in [-0.39, 0.29) is 18.2 Å². The third kappa shape index (κ3) is 4.71. The monoisotopic (exact) mass is 310 g/mol. The zero-order valence-corrected chi connectivity index (χ0v) is 13.9. The van der Waals surface area contributed by atoms with Gasteiger partial charge in [0.15, 0.2) is 0 Å². The Morgan fingerprint density at radius 3 is 2.62 bits per heavy atom. The highest BCUT2D eigenvalue weighted by atomic mass is 32.1. The number of urea groups is 1. The molecule has 118 valence electrons. The molecule has 21 heavy (non-hydrogen) atoms. The number of thiophene rings is 1. The molecule has 2 N–H and O–H groups in total. The lowest BCUT2D eigenvalue weighted by molar-refractivity contribution is 0.0794. The summed E-state index contributed by atoms with van der Waals surface area (Å²) in [6.07, 6.45) is 2.40. The Hall–Kier alpha value is -1.07. The van der Waals surface area contributed by atoms with Crippen LogP contribution in [0.5, 0.6) is 0 Å². The molecule has 1 aromatic rings. The molecule has 2 amide bonds. The van der Waals surface area contributed by atoms with E-state index in [0.717, 1.165) is 32.4 Å². The van der Waals surface area contributed by atoms with Crippen molar-refractivity contribution in [3.05, 3.63) is 21.9 Å². The summed E-state index contributed by atoms with van der Waals surface area (Å²) in [4.78, 5) is 16.7. The number of aryl methyl sites for hydroxylation is 1. The Kier molecular flexibility index (Phi) is 5.65. The van der Waals surface area contributed by atoms with Crippen LogP contribution in [0.1, 0.15) is 36.4 Å². The first kappa shape index (κ1) is 16.3. The van der Waals surface area contributed by atoms with Crippen LogP contribution in [-0.2, 0) is 6.42 Å². The van der Waals surface area contributed by atoms with E-state index in [4.69, 9.17) is 0 Å². The van der Waals surface area contributed by atoms with Crippen LogP contribution in [0.3, 0.4) is 0 Å². The zero-order chi connectivity index (χ0) is 15.4. The molecule has 4 nitrogen and oxygen atoms in total. The first-order valence-electron chi connectivity index (χ1n) is 7.74. The molecular weight excluding hydrogens is 284 g/mol. The van der Waals surface area contributed by atoms with Crippen LogP contribution in [-0.4, -0.2) is 41.3 Å². The van der Waals surface area contributed by atoms with Crippen molar-refractivity contribution in [3.8, 4) is 0 Å². The van der Waals surface area contributed by atoms with Gasteiger partial charge in [-0.15, -0.1) is 11.3 Å². The van der Waals surface area contributed by atoms with Gasteiger partial charge in [-0.2, -0.15) is 0 Å². The third-order valence-electron chi connectivity index (χ3n) is 4.18. The summed E-state index contributed by atoms with van der Waals surface area (Å²) in [7, 11) is 0. The van der Waals surface area contributed by atoms with Crippen LogP contribution in [0.4, 0.5) is 4.79 Å². The molecule has 1 aromatic heterocycles. The molecule has 1 fully saturated rings. The van der Waals surface area contributed by atoms with E-state index < -0.39 is 0 Å². The number of nitrogens with zero attached hydrogens (tertiary/aromatic N) is 1. The molecule has 1 aliphatic rings. The summed E-state index contributed by atoms with van der Waals surface area (Å²) in [6.45, 7) is 7.48. The lowest BCUT2D eigenvalue weighted by Crippen LogP contribution is -2.48. The maximum absolute atomic E-state index is 12.2. The fourth-order valence-corrected chi connectivity index (χ4v) is 3.85. The second kappa shape index (κ2) is 7.27. The summed E-state index contributed by atoms with van der Waals surface area (Å²) >= 11 is 1.79. The fourth-order valence-electron chi connectivity index (χ4n) is 2.83. The molecule has 2 rings (SSSR count). The number of likely N-dealkylation sites (tertiary alicyclic amines) is 1. The highest BCUT2D eigenvalue weighted by molar-refractivity contribution is 7.11. The Bertz CT molecular complexity index is 465. The van der Waals surface area contributed by atoms with Crippen LogP contribution >= 0.6 is 11.3 Å². The predicted octanol–water partition coefficient (Wildman–Crippen LogP) is 2.79. The van der Waals surface area contributed by atoms with Crippen molar-refractivity contribution in [1.29, 1.82) is 0 Å². The highest BCUT2D eigenvalue weighted by Gasteiger charge is 2.25. The van der Waals surface area contributed by atoms with Gasteiger partial charge >= 0.3 is 6.03 Å². The summed E-state index contributed by atoms with van der Waals surface area (Å²) in [5.74, 6) is 0.334. The first-order valence-corrected chi connectivity index (χ1v) is 8.56. The van der Waals surface area contributed by atoms with Crippen molar-refractivity contribution < 1.29 is 9.90 Å². The molecule has 1 aliphatic heterocycles. The van der Waals surface area contributed by atoms with Gasteiger partial charge in [0.25, 0.3) is 0 Å². The smallest absolute Gasteiger partial charge is 0.317 e. The van der Waals surface area contributed by atoms with E-state index in [1.54, 1.807) is 11.3 Å². The molecular formula is C16H26N2O2S. The molecule has 0 radical (unpaired) electrons. The first-order chi connectivity index (χ1) is 9.95. The standard InChI is InChI=1S/C16H26N2O2S/c1-11(10-15-5-4-12(2)21-15)17-16(20)18-8-6-14(7-9-18)13(3)19/h4-5,11,13-14,19H,6-10H2,1-3H3,(H,17,20). The number of aliphatic hydroxyl groups is 1. The van der Waals surface area contributed by atoms with E-state index in [2.05, 4.69) is 31.3 Å². The Balaban J connectivity index is 1.76. The van der Waals surface area contributed by atoms with Crippen molar-refractivity contribution in [1.82, 2.24) is 10.2 Å². The summed E-state index contributed by atoms with van der Waals surface area (Å²) < 4.78 is 0. The minimum atomic E-state index is -0.267. The number of nitrogens with one attached hydrogen (secondary N) is 1. The molecule has 1 saturated heterocycles. The van der Waals surface area contributed by atoms with E-state index in [9.17, 15) is 9.90 Å². The lowest BCUT2D eigenvalue weighted by atomic mass is 9.92. The number of carbonyl (C=O) groups excluding carboxylic acids is 1. The van der Waals surface area contributed by atoms with E-state index in [1.807, 2.05) is 11.8 Å². The molecule has 0 spiro atoms. The van der Waals surface area contributed by atoms with Gasteiger partial charge < -0.3 is 15.3 Å². The van der Waals surface area contributed by atoms with Gasteiger partial charge in [-0.3, -0.25) is 0 Å². The molecule has 0 aromatic carbocycles. The lowest BCUT2D eigenvalue weighted by Gasteiger charge is -2.34. The second-order valence-corrected chi connectivity index (χ2v) is 7.50. The van der Waals surface area contributed by atoms with Gasteiger partial charge in [0, 0.05) is 35.3 Å². The number of aliphatic hydroxyl groups excluding tert-OH is 1. The highest BCUT2D eigenvalue weighted by Crippen LogP contribution is 2.21. The van der Waals surface area contributed by atoms with Crippen molar-refractivity contribution in [2.45, 2.75) is 52.2 Å². The van der Waals surface area contributed by atoms with E-state index in [1.165, 1.54) is 9.75 Å².